The third-order valence-corrected chi connectivity index (χ3v) is 4.90. The highest BCUT2D eigenvalue weighted by Gasteiger charge is 2.27. The lowest BCUT2D eigenvalue weighted by molar-refractivity contribution is -0.907. The van der Waals surface area contributed by atoms with Crippen LogP contribution < -0.4 is 15.1 Å². The molecular formula is C19H30N3O2+. The minimum Gasteiger partial charge on any atom is -0.372 e. The summed E-state index contributed by atoms with van der Waals surface area (Å²) in [5.74, 6) is 0.0806. The van der Waals surface area contributed by atoms with Gasteiger partial charge in [-0.1, -0.05) is 0 Å². The third-order valence-electron chi connectivity index (χ3n) is 4.90. The molecule has 1 aromatic rings. The van der Waals surface area contributed by atoms with Crippen LogP contribution in [-0.2, 0) is 9.53 Å². The standard InChI is InChI=1S/C19H29N3O2/c1-15-12-21(13-16(2)24-15)14-19(23)20-17-6-8-18(9-7-17)22-10-4-3-5-11-22/h6-9,15-16H,3-5,10-14H2,1-2H3,(H,20,23)/p+1/t15-,16-/m0/s1. The van der Waals surface area contributed by atoms with Crippen molar-refractivity contribution in [2.75, 3.05) is 42.9 Å². The maximum atomic E-state index is 12.3. The van der Waals surface area contributed by atoms with Gasteiger partial charge in [-0.3, -0.25) is 4.79 Å². The Bertz CT molecular complexity index is 530. The Morgan fingerprint density at radius 1 is 1.12 bits per heavy atom. The average Bonchev–Trinajstić information content (AvgIpc) is 2.55. The molecule has 2 saturated heterocycles. The second-order valence-corrected chi connectivity index (χ2v) is 7.24. The van der Waals surface area contributed by atoms with Crippen LogP contribution in [0.5, 0.6) is 0 Å². The van der Waals surface area contributed by atoms with Crippen molar-refractivity contribution in [3.8, 4) is 0 Å². The van der Waals surface area contributed by atoms with E-state index >= 15 is 0 Å². The molecule has 2 heterocycles. The number of rotatable bonds is 4. The van der Waals surface area contributed by atoms with Crippen molar-refractivity contribution < 1.29 is 14.4 Å². The fourth-order valence-corrected chi connectivity index (χ4v) is 3.87. The Hall–Kier alpha value is -1.59. The second-order valence-electron chi connectivity index (χ2n) is 7.24. The maximum absolute atomic E-state index is 12.3. The summed E-state index contributed by atoms with van der Waals surface area (Å²) in [5.41, 5.74) is 2.14. The summed E-state index contributed by atoms with van der Waals surface area (Å²) in [6.45, 7) is 8.73. The monoisotopic (exact) mass is 332 g/mol. The molecule has 0 aromatic heterocycles. The van der Waals surface area contributed by atoms with Crippen molar-refractivity contribution in [1.29, 1.82) is 0 Å². The number of benzene rings is 1. The van der Waals surface area contributed by atoms with E-state index in [1.54, 1.807) is 0 Å². The highest BCUT2D eigenvalue weighted by Crippen LogP contribution is 2.21. The van der Waals surface area contributed by atoms with E-state index in [0.29, 0.717) is 6.54 Å². The van der Waals surface area contributed by atoms with Crippen LogP contribution in [0.15, 0.2) is 24.3 Å². The number of ether oxygens (including phenoxy) is 1. The van der Waals surface area contributed by atoms with Crippen molar-refractivity contribution in [3.05, 3.63) is 24.3 Å². The zero-order valence-electron chi connectivity index (χ0n) is 14.9. The van der Waals surface area contributed by atoms with Crippen LogP contribution in [0.25, 0.3) is 0 Å². The van der Waals surface area contributed by atoms with Crippen molar-refractivity contribution in [2.45, 2.75) is 45.3 Å². The van der Waals surface area contributed by atoms with Gasteiger partial charge in [-0.15, -0.1) is 0 Å². The summed E-state index contributed by atoms with van der Waals surface area (Å²) in [6, 6.07) is 8.27. The number of amides is 1. The van der Waals surface area contributed by atoms with E-state index in [9.17, 15) is 4.79 Å². The van der Waals surface area contributed by atoms with E-state index in [0.717, 1.165) is 31.9 Å². The molecule has 2 fully saturated rings. The van der Waals surface area contributed by atoms with Gasteiger partial charge in [0.05, 0.1) is 0 Å². The highest BCUT2D eigenvalue weighted by atomic mass is 16.5. The van der Waals surface area contributed by atoms with Crippen molar-refractivity contribution in [1.82, 2.24) is 0 Å². The van der Waals surface area contributed by atoms with Crippen LogP contribution in [0.3, 0.4) is 0 Å². The SMILES string of the molecule is C[C@H]1C[NH+](CC(=O)Nc2ccc(N3CCCCC3)cc2)C[C@H](C)O1. The zero-order chi connectivity index (χ0) is 16.9. The van der Waals surface area contributed by atoms with E-state index in [4.69, 9.17) is 4.74 Å². The molecule has 0 bridgehead atoms. The van der Waals surface area contributed by atoms with Crippen molar-refractivity contribution in [3.63, 3.8) is 0 Å². The Balaban J connectivity index is 1.50. The molecule has 0 saturated carbocycles. The molecule has 0 unspecified atom stereocenters. The molecule has 132 valence electrons. The molecule has 1 aromatic carbocycles. The minimum absolute atomic E-state index is 0.0806. The number of hydrogen-bond donors (Lipinski definition) is 2. The van der Waals surface area contributed by atoms with Gasteiger partial charge in [0.2, 0.25) is 0 Å². The van der Waals surface area contributed by atoms with Crippen LogP contribution in [0, 0.1) is 0 Å². The first-order valence-electron chi connectivity index (χ1n) is 9.24. The molecule has 0 radical (unpaired) electrons. The molecule has 5 nitrogen and oxygen atoms in total. The highest BCUT2D eigenvalue weighted by molar-refractivity contribution is 5.91. The minimum atomic E-state index is 0.0806. The fraction of sp³-hybridized carbons (Fsp3) is 0.632. The number of morpholine rings is 1. The molecule has 0 spiro atoms. The molecule has 24 heavy (non-hydrogen) atoms. The lowest BCUT2D eigenvalue weighted by Crippen LogP contribution is -3.16. The summed E-state index contributed by atoms with van der Waals surface area (Å²) in [7, 11) is 0. The first kappa shape index (κ1) is 17.2. The largest absolute Gasteiger partial charge is 0.372 e. The molecule has 0 aliphatic carbocycles. The predicted molar refractivity (Wildman–Crippen MR) is 96.7 cm³/mol. The van der Waals surface area contributed by atoms with Gasteiger partial charge in [0.25, 0.3) is 5.91 Å². The smallest absolute Gasteiger partial charge is 0.279 e. The van der Waals surface area contributed by atoms with Crippen LogP contribution in [0.4, 0.5) is 11.4 Å². The normalized spacial score (nSPS) is 27.8. The Kier molecular flexibility index (Phi) is 5.74. The van der Waals surface area contributed by atoms with Crippen LogP contribution in [0.2, 0.25) is 0 Å². The fourth-order valence-electron chi connectivity index (χ4n) is 3.87. The molecule has 2 aliphatic rings. The van der Waals surface area contributed by atoms with Crippen LogP contribution in [0.1, 0.15) is 33.1 Å². The van der Waals surface area contributed by atoms with E-state index in [-0.39, 0.29) is 18.1 Å². The number of anilines is 2. The summed E-state index contributed by atoms with van der Waals surface area (Å²) in [4.78, 5) is 16.0. The van der Waals surface area contributed by atoms with E-state index < -0.39 is 0 Å². The van der Waals surface area contributed by atoms with E-state index in [1.165, 1.54) is 29.8 Å². The first-order valence-corrected chi connectivity index (χ1v) is 9.24. The second kappa shape index (κ2) is 7.99. The molecule has 1 amide bonds. The van der Waals surface area contributed by atoms with Crippen molar-refractivity contribution in [2.24, 2.45) is 0 Å². The van der Waals surface area contributed by atoms with Crippen molar-refractivity contribution >= 4 is 17.3 Å². The van der Waals surface area contributed by atoms with Gasteiger partial charge >= 0.3 is 0 Å². The average molecular weight is 332 g/mol. The summed E-state index contributed by atoms with van der Waals surface area (Å²) < 4.78 is 5.73. The molecule has 2 aliphatic heterocycles. The molecule has 2 N–H and O–H groups in total. The summed E-state index contributed by atoms with van der Waals surface area (Å²) in [6.07, 6.45) is 4.34. The number of carbonyl (C=O) groups excluding carboxylic acids is 1. The van der Waals surface area contributed by atoms with Gasteiger partial charge in [-0.05, 0) is 57.4 Å². The van der Waals surface area contributed by atoms with Gasteiger partial charge in [0, 0.05) is 24.5 Å². The number of nitrogens with one attached hydrogen (secondary N) is 2. The summed E-state index contributed by atoms with van der Waals surface area (Å²) >= 11 is 0. The topological polar surface area (TPSA) is 46.0 Å². The zero-order valence-corrected chi connectivity index (χ0v) is 14.9. The Morgan fingerprint density at radius 2 is 1.75 bits per heavy atom. The number of quaternary nitrogens is 1. The number of piperidine rings is 1. The summed E-state index contributed by atoms with van der Waals surface area (Å²) in [5, 5.41) is 3.03. The molecular weight excluding hydrogens is 302 g/mol. The lowest BCUT2D eigenvalue weighted by Gasteiger charge is -2.32. The first-order chi connectivity index (χ1) is 11.6. The van der Waals surface area contributed by atoms with Gasteiger partial charge in [0.15, 0.2) is 6.54 Å². The van der Waals surface area contributed by atoms with Gasteiger partial charge in [-0.25, -0.2) is 0 Å². The van der Waals surface area contributed by atoms with Gasteiger partial charge in [-0.2, -0.15) is 0 Å². The van der Waals surface area contributed by atoms with Gasteiger partial charge in [0.1, 0.15) is 25.3 Å². The third kappa shape index (κ3) is 4.71. The maximum Gasteiger partial charge on any atom is 0.279 e. The van der Waals surface area contributed by atoms with Crippen LogP contribution >= 0.6 is 0 Å². The Morgan fingerprint density at radius 3 is 2.38 bits per heavy atom. The molecule has 2 atom stereocenters. The predicted octanol–water partition coefficient (Wildman–Crippen LogP) is 1.31. The number of nitrogens with zero attached hydrogens (tertiary/aromatic N) is 1. The van der Waals surface area contributed by atoms with E-state index in [1.807, 2.05) is 12.1 Å². The number of carbonyl (C=O) groups is 1. The quantitative estimate of drug-likeness (QED) is 0.874. The molecule has 5 heteroatoms. The lowest BCUT2D eigenvalue weighted by atomic mass is 10.1. The Labute approximate surface area is 145 Å². The number of hydrogen-bond acceptors (Lipinski definition) is 3. The van der Waals surface area contributed by atoms with E-state index in [2.05, 4.69) is 36.2 Å². The van der Waals surface area contributed by atoms with Gasteiger partial charge < -0.3 is 19.9 Å². The van der Waals surface area contributed by atoms with Crippen LogP contribution in [-0.4, -0.2) is 50.8 Å². The molecule has 3 rings (SSSR count).